The average Bonchev–Trinajstić information content (AvgIpc) is 3.21. The minimum Gasteiger partial charge on any atom is -0.466 e. The third kappa shape index (κ3) is 5.04. The van der Waals surface area contributed by atoms with E-state index in [1.165, 1.54) is 11.3 Å². The van der Waals surface area contributed by atoms with Gasteiger partial charge >= 0.3 is 5.97 Å². The van der Waals surface area contributed by atoms with Gasteiger partial charge < -0.3 is 4.74 Å². The van der Waals surface area contributed by atoms with Crippen molar-refractivity contribution in [1.29, 1.82) is 0 Å². The van der Waals surface area contributed by atoms with E-state index < -0.39 is 0 Å². The molecule has 0 unspecified atom stereocenters. The van der Waals surface area contributed by atoms with Gasteiger partial charge in [0.2, 0.25) is 0 Å². The monoisotopic (exact) mass is 398 g/mol. The van der Waals surface area contributed by atoms with Gasteiger partial charge in [0, 0.05) is 16.6 Å². The average molecular weight is 398 g/mol. The zero-order valence-corrected chi connectivity index (χ0v) is 16.9. The number of nitrogens with zero attached hydrogens (tertiary/aromatic N) is 3. The first-order valence-corrected chi connectivity index (χ1v) is 9.84. The lowest BCUT2D eigenvalue weighted by molar-refractivity contribution is -0.142. The van der Waals surface area contributed by atoms with Gasteiger partial charge in [0.05, 0.1) is 31.0 Å². The Morgan fingerprint density at radius 3 is 2.61 bits per heavy atom. The molecule has 0 spiro atoms. The summed E-state index contributed by atoms with van der Waals surface area (Å²) in [5.74, 6) is -0.571. The van der Waals surface area contributed by atoms with Crippen LogP contribution < -0.4 is 5.32 Å². The van der Waals surface area contributed by atoms with E-state index in [0.717, 1.165) is 17.0 Å². The van der Waals surface area contributed by atoms with Crippen molar-refractivity contribution in [1.82, 2.24) is 14.8 Å². The number of hydrogen-bond acceptors (Lipinski definition) is 6. The van der Waals surface area contributed by atoms with Crippen molar-refractivity contribution in [2.75, 3.05) is 11.9 Å². The molecule has 1 aromatic carbocycles. The summed E-state index contributed by atoms with van der Waals surface area (Å²) in [5, 5.41) is 9.41. The van der Waals surface area contributed by atoms with E-state index in [9.17, 15) is 9.59 Å². The van der Waals surface area contributed by atoms with Gasteiger partial charge in [-0.15, -0.1) is 11.3 Å². The summed E-state index contributed by atoms with van der Waals surface area (Å²) in [5.41, 5.74) is 4.27. The van der Waals surface area contributed by atoms with Crippen LogP contribution in [0.3, 0.4) is 0 Å². The number of anilines is 1. The molecular weight excluding hydrogens is 376 g/mol. The van der Waals surface area contributed by atoms with Crippen molar-refractivity contribution in [3.8, 4) is 0 Å². The molecule has 0 aliphatic heterocycles. The van der Waals surface area contributed by atoms with Gasteiger partial charge in [0.25, 0.3) is 5.91 Å². The van der Waals surface area contributed by atoms with Crippen LogP contribution in [-0.4, -0.2) is 33.2 Å². The van der Waals surface area contributed by atoms with Crippen LogP contribution in [0.1, 0.15) is 39.9 Å². The second-order valence-corrected chi connectivity index (χ2v) is 7.22. The highest BCUT2D eigenvalue weighted by atomic mass is 32.1. The number of nitrogens with one attached hydrogen (secondary N) is 1. The lowest BCUT2D eigenvalue weighted by Gasteiger charge is -2.06. The van der Waals surface area contributed by atoms with Crippen molar-refractivity contribution >= 4 is 28.3 Å². The van der Waals surface area contributed by atoms with Gasteiger partial charge in [-0.05, 0) is 44.5 Å². The fourth-order valence-corrected chi connectivity index (χ4v) is 3.45. The zero-order chi connectivity index (χ0) is 20.1. The number of benzene rings is 1. The largest absolute Gasteiger partial charge is 0.466 e. The van der Waals surface area contributed by atoms with Gasteiger partial charge in [-0.2, -0.15) is 5.10 Å². The van der Waals surface area contributed by atoms with E-state index in [1.807, 2.05) is 36.7 Å². The molecule has 0 bridgehead atoms. The fraction of sp³-hybridized carbons (Fsp3) is 0.300. The standard InChI is InChI=1S/C20H22N4O3S/c1-4-27-18(25)10-17-12-28-20(21-17)22-19(26)16-7-5-15(6-8-16)11-24-14(3)9-13(2)23-24/h5-9,12H,4,10-11H2,1-3H3,(H,21,22,26). The molecule has 2 aromatic heterocycles. The quantitative estimate of drug-likeness (QED) is 0.617. The lowest BCUT2D eigenvalue weighted by Crippen LogP contribution is -2.12. The highest BCUT2D eigenvalue weighted by molar-refractivity contribution is 7.14. The molecule has 7 nitrogen and oxygen atoms in total. The summed E-state index contributed by atoms with van der Waals surface area (Å²) in [6.07, 6.45) is 0.0984. The smallest absolute Gasteiger partial charge is 0.311 e. The summed E-state index contributed by atoms with van der Waals surface area (Å²) < 4.78 is 6.84. The van der Waals surface area contributed by atoms with Gasteiger partial charge in [0.1, 0.15) is 0 Å². The molecule has 1 N–H and O–H groups in total. The molecule has 0 saturated heterocycles. The Labute approximate surface area is 167 Å². The second-order valence-electron chi connectivity index (χ2n) is 6.36. The first kappa shape index (κ1) is 19.8. The maximum Gasteiger partial charge on any atom is 0.311 e. The first-order chi connectivity index (χ1) is 13.4. The van der Waals surface area contributed by atoms with E-state index in [2.05, 4.69) is 15.4 Å². The summed E-state index contributed by atoms with van der Waals surface area (Å²) in [6.45, 7) is 6.74. The van der Waals surface area contributed by atoms with Crippen LogP contribution in [0, 0.1) is 13.8 Å². The minimum atomic E-state index is -0.330. The molecule has 8 heteroatoms. The Bertz CT molecular complexity index is 976. The van der Waals surface area contributed by atoms with E-state index >= 15 is 0 Å². The summed E-state index contributed by atoms with van der Waals surface area (Å²) in [6, 6.07) is 9.43. The zero-order valence-electron chi connectivity index (χ0n) is 16.1. The Kier molecular flexibility index (Phi) is 6.20. The van der Waals surface area contributed by atoms with Gasteiger partial charge in [0.15, 0.2) is 5.13 Å². The van der Waals surface area contributed by atoms with Gasteiger partial charge in [-0.1, -0.05) is 12.1 Å². The molecule has 3 aromatic rings. The topological polar surface area (TPSA) is 86.1 Å². The third-order valence-corrected chi connectivity index (χ3v) is 4.86. The molecule has 0 aliphatic carbocycles. The molecule has 0 saturated carbocycles. The Hall–Kier alpha value is -3.00. The predicted octanol–water partition coefficient (Wildman–Crippen LogP) is 3.36. The van der Waals surface area contributed by atoms with Crippen LogP contribution in [0.5, 0.6) is 0 Å². The summed E-state index contributed by atoms with van der Waals surface area (Å²) >= 11 is 1.28. The molecule has 0 fully saturated rings. The summed E-state index contributed by atoms with van der Waals surface area (Å²) in [4.78, 5) is 28.2. The highest BCUT2D eigenvalue weighted by Crippen LogP contribution is 2.18. The predicted molar refractivity (Wildman–Crippen MR) is 108 cm³/mol. The molecule has 28 heavy (non-hydrogen) atoms. The second kappa shape index (κ2) is 8.79. The summed E-state index contributed by atoms with van der Waals surface area (Å²) in [7, 11) is 0. The molecule has 0 radical (unpaired) electrons. The number of carbonyl (C=O) groups is 2. The number of amides is 1. The number of ether oxygens (including phenoxy) is 1. The van der Waals surface area contributed by atoms with Gasteiger partial charge in [-0.3, -0.25) is 19.6 Å². The molecule has 2 heterocycles. The van der Waals surface area contributed by atoms with E-state index in [4.69, 9.17) is 4.74 Å². The maximum absolute atomic E-state index is 12.4. The lowest BCUT2D eigenvalue weighted by atomic mass is 10.1. The number of esters is 1. The van der Waals surface area contributed by atoms with Crippen LogP contribution in [0.15, 0.2) is 35.7 Å². The number of aryl methyl sites for hydroxylation is 2. The SMILES string of the molecule is CCOC(=O)Cc1csc(NC(=O)c2ccc(Cn3nc(C)cc3C)cc2)n1. The Morgan fingerprint density at radius 2 is 1.96 bits per heavy atom. The fourth-order valence-electron chi connectivity index (χ4n) is 2.74. The maximum atomic E-state index is 12.4. The Balaban J connectivity index is 1.59. The van der Waals surface area contributed by atoms with Crippen molar-refractivity contribution < 1.29 is 14.3 Å². The molecule has 0 aliphatic rings. The van der Waals surface area contributed by atoms with Crippen LogP contribution in [-0.2, 0) is 22.5 Å². The van der Waals surface area contributed by atoms with Crippen molar-refractivity contribution in [2.24, 2.45) is 0 Å². The van der Waals surface area contributed by atoms with Crippen LogP contribution in [0.2, 0.25) is 0 Å². The van der Waals surface area contributed by atoms with Crippen molar-refractivity contribution in [3.63, 3.8) is 0 Å². The number of carbonyl (C=O) groups excluding carboxylic acids is 2. The molecule has 3 rings (SSSR count). The van der Waals surface area contributed by atoms with Gasteiger partial charge in [-0.25, -0.2) is 4.98 Å². The van der Waals surface area contributed by atoms with Crippen LogP contribution in [0.4, 0.5) is 5.13 Å². The van der Waals surface area contributed by atoms with Crippen molar-refractivity contribution in [2.45, 2.75) is 33.7 Å². The van der Waals surface area contributed by atoms with Crippen LogP contribution >= 0.6 is 11.3 Å². The normalized spacial score (nSPS) is 10.7. The van der Waals surface area contributed by atoms with E-state index in [1.54, 1.807) is 24.4 Å². The molecule has 146 valence electrons. The number of hydrogen-bond donors (Lipinski definition) is 1. The molecule has 1 amide bonds. The number of rotatable bonds is 7. The van der Waals surface area contributed by atoms with E-state index in [-0.39, 0.29) is 18.3 Å². The molecule has 0 atom stereocenters. The van der Waals surface area contributed by atoms with E-state index in [0.29, 0.717) is 29.5 Å². The minimum absolute atomic E-state index is 0.0984. The first-order valence-electron chi connectivity index (χ1n) is 8.96. The third-order valence-electron chi connectivity index (χ3n) is 4.05. The highest BCUT2D eigenvalue weighted by Gasteiger charge is 2.12. The number of thiazole rings is 1. The van der Waals surface area contributed by atoms with Crippen LogP contribution in [0.25, 0.3) is 0 Å². The molecular formula is C20H22N4O3S. The van der Waals surface area contributed by atoms with Crippen molar-refractivity contribution in [3.05, 3.63) is 63.9 Å². The Morgan fingerprint density at radius 1 is 1.21 bits per heavy atom. The number of aromatic nitrogens is 3.